The number of aryl methyl sites for hydroxylation is 2. The summed E-state index contributed by atoms with van der Waals surface area (Å²) in [5.41, 5.74) is 4.99. The van der Waals surface area contributed by atoms with Crippen LogP contribution < -0.4 is 10.6 Å². The summed E-state index contributed by atoms with van der Waals surface area (Å²) in [7, 11) is 0. The number of amides is 2. The van der Waals surface area contributed by atoms with Crippen LogP contribution in [0.5, 0.6) is 0 Å². The highest BCUT2D eigenvalue weighted by Crippen LogP contribution is 2.31. The van der Waals surface area contributed by atoms with Crippen LogP contribution in [0.1, 0.15) is 55.1 Å². The summed E-state index contributed by atoms with van der Waals surface area (Å²) >= 11 is 0. The van der Waals surface area contributed by atoms with E-state index in [9.17, 15) is 4.79 Å². The molecule has 0 bridgehead atoms. The SMILES string of the molecule is Cc1ccc(NC(=O)NCCc2nc3cccnc3n2C2CCCCC2)c(C)c1. The van der Waals surface area contributed by atoms with Gasteiger partial charge in [0.15, 0.2) is 5.65 Å². The molecule has 3 aromatic rings. The molecule has 2 heterocycles. The zero-order valence-electron chi connectivity index (χ0n) is 17.2. The highest BCUT2D eigenvalue weighted by Gasteiger charge is 2.22. The fraction of sp³-hybridized carbons (Fsp3) is 0.435. The third kappa shape index (κ3) is 4.42. The number of nitrogens with zero attached hydrogens (tertiary/aromatic N) is 3. The van der Waals surface area contributed by atoms with Crippen LogP contribution in [-0.4, -0.2) is 27.1 Å². The molecular weight excluding hydrogens is 362 g/mol. The Hall–Kier alpha value is -2.89. The third-order valence-corrected chi connectivity index (χ3v) is 5.73. The summed E-state index contributed by atoms with van der Waals surface area (Å²) in [4.78, 5) is 21.8. The van der Waals surface area contributed by atoms with E-state index in [1.54, 1.807) is 0 Å². The van der Waals surface area contributed by atoms with Gasteiger partial charge in [-0.15, -0.1) is 0 Å². The molecule has 1 fully saturated rings. The molecule has 0 radical (unpaired) electrons. The highest BCUT2D eigenvalue weighted by molar-refractivity contribution is 5.90. The van der Waals surface area contributed by atoms with Gasteiger partial charge in [-0.3, -0.25) is 0 Å². The van der Waals surface area contributed by atoms with Crippen molar-refractivity contribution in [2.45, 2.75) is 58.4 Å². The molecule has 2 amide bonds. The molecular formula is C23H29N5O. The molecule has 152 valence electrons. The van der Waals surface area contributed by atoms with E-state index in [1.807, 2.05) is 44.3 Å². The Morgan fingerprint density at radius 3 is 2.79 bits per heavy atom. The first-order valence-electron chi connectivity index (χ1n) is 10.6. The molecule has 1 aromatic carbocycles. The Morgan fingerprint density at radius 2 is 2.00 bits per heavy atom. The molecule has 6 heteroatoms. The van der Waals surface area contributed by atoms with E-state index in [4.69, 9.17) is 4.98 Å². The zero-order valence-corrected chi connectivity index (χ0v) is 17.2. The molecule has 6 nitrogen and oxygen atoms in total. The Bertz CT molecular complexity index is 1000. The quantitative estimate of drug-likeness (QED) is 0.648. The molecule has 2 aromatic heterocycles. The maximum absolute atomic E-state index is 12.3. The minimum Gasteiger partial charge on any atom is -0.337 e. The third-order valence-electron chi connectivity index (χ3n) is 5.73. The fourth-order valence-corrected chi connectivity index (χ4v) is 4.28. The molecule has 0 atom stereocenters. The van der Waals surface area contributed by atoms with Crippen LogP contribution in [0.3, 0.4) is 0 Å². The van der Waals surface area contributed by atoms with Crippen molar-refractivity contribution >= 4 is 22.9 Å². The van der Waals surface area contributed by atoms with Gasteiger partial charge in [-0.05, 0) is 50.5 Å². The second kappa shape index (κ2) is 8.64. The summed E-state index contributed by atoms with van der Waals surface area (Å²) in [6.45, 7) is 4.58. The first-order chi connectivity index (χ1) is 14.1. The van der Waals surface area contributed by atoms with Gasteiger partial charge in [-0.25, -0.2) is 14.8 Å². The second-order valence-corrected chi connectivity index (χ2v) is 7.99. The number of imidazole rings is 1. The lowest BCUT2D eigenvalue weighted by atomic mass is 9.95. The molecule has 0 unspecified atom stereocenters. The number of anilines is 1. The molecule has 1 aliphatic rings. The molecule has 0 spiro atoms. The number of nitrogens with one attached hydrogen (secondary N) is 2. The van der Waals surface area contributed by atoms with E-state index in [0.29, 0.717) is 19.0 Å². The van der Waals surface area contributed by atoms with Crippen LogP contribution in [0.4, 0.5) is 10.5 Å². The molecule has 1 aliphatic carbocycles. The van der Waals surface area contributed by atoms with Gasteiger partial charge in [-0.2, -0.15) is 0 Å². The highest BCUT2D eigenvalue weighted by atomic mass is 16.2. The number of hydrogen-bond donors (Lipinski definition) is 2. The van der Waals surface area contributed by atoms with E-state index in [-0.39, 0.29) is 6.03 Å². The standard InChI is InChI=1S/C23H29N5O/c1-16-10-11-19(17(2)15-16)27-23(29)25-14-12-21-26-20-9-6-13-24-22(20)28(21)18-7-4-3-5-8-18/h6,9-11,13,15,18H,3-5,7-8,12,14H2,1-2H3,(H2,25,27,29). The Kier molecular flexibility index (Phi) is 5.79. The number of carbonyl (C=O) groups is 1. The predicted molar refractivity (Wildman–Crippen MR) is 116 cm³/mol. The number of rotatable bonds is 5. The van der Waals surface area contributed by atoms with Gasteiger partial charge in [0.05, 0.1) is 0 Å². The average Bonchev–Trinajstić information content (AvgIpc) is 3.09. The number of urea groups is 1. The number of aromatic nitrogens is 3. The van der Waals surface area contributed by atoms with E-state index in [1.165, 1.54) is 37.7 Å². The lowest BCUT2D eigenvalue weighted by molar-refractivity contribution is 0.252. The first-order valence-corrected chi connectivity index (χ1v) is 10.6. The van der Waals surface area contributed by atoms with Crippen molar-refractivity contribution < 1.29 is 4.79 Å². The molecule has 0 saturated heterocycles. The monoisotopic (exact) mass is 391 g/mol. The summed E-state index contributed by atoms with van der Waals surface area (Å²) in [5.74, 6) is 1.01. The lowest BCUT2D eigenvalue weighted by Gasteiger charge is -2.25. The summed E-state index contributed by atoms with van der Waals surface area (Å²) in [6, 6.07) is 10.2. The lowest BCUT2D eigenvalue weighted by Crippen LogP contribution is -2.31. The van der Waals surface area contributed by atoms with Crippen LogP contribution in [0.2, 0.25) is 0 Å². The van der Waals surface area contributed by atoms with Crippen molar-refractivity contribution in [2.75, 3.05) is 11.9 Å². The Labute approximate surface area is 171 Å². The van der Waals surface area contributed by atoms with Crippen molar-refractivity contribution in [2.24, 2.45) is 0 Å². The van der Waals surface area contributed by atoms with Crippen molar-refractivity contribution in [3.8, 4) is 0 Å². The van der Waals surface area contributed by atoms with Gasteiger partial charge >= 0.3 is 6.03 Å². The summed E-state index contributed by atoms with van der Waals surface area (Å²) in [6.07, 6.45) is 8.70. The Balaban J connectivity index is 1.43. The van der Waals surface area contributed by atoms with Crippen LogP contribution >= 0.6 is 0 Å². The molecule has 29 heavy (non-hydrogen) atoms. The van der Waals surface area contributed by atoms with Gasteiger partial charge in [0, 0.05) is 30.9 Å². The van der Waals surface area contributed by atoms with Crippen molar-refractivity contribution in [1.29, 1.82) is 0 Å². The van der Waals surface area contributed by atoms with E-state index < -0.39 is 0 Å². The van der Waals surface area contributed by atoms with E-state index in [0.717, 1.165) is 28.2 Å². The van der Waals surface area contributed by atoms with Crippen LogP contribution in [0.15, 0.2) is 36.5 Å². The number of benzene rings is 1. The summed E-state index contributed by atoms with van der Waals surface area (Å²) in [5, 5.41) is 5.91. The average molecular weight is 392 g/mol. The maximum atomic E-state index is 12.3. The fourth-order valence-electron chi connectivity index (χ4n) is 4.28. The molecule has 0 aliphatic heterocycles. The first kappa shape index (κ1) is 19.4. The number of hydrogen-bond acceptors (Lipinski definition) is 3. The minimum absolute atomic E-state index is 0.185. The number of pyridine rings is 1. The van der Waals surface area contributed by atoms with Gasteiger partial charge in [0.25, 0.3) is 0 Å². The van der Waals surface area contributed by atoms with Crippen LogP contribution in [-0.2, 0) is 6.42 Å². The van der Waals surface area contributed by atoms with Gasteiger partial charge < -0.3 is 15.2 Å². The van der Waals surface area contributed by atoms with Gasteiger partial charge in [0.2, 0.25) is 0 Å². The topological polar surface area (TPSA) is 71.8 Å². The van der Waals surface area contributed by atoms with Gasteiger partial charge in [-0.1, -0.05) is 37.0 Å². The smallest absolute Gasteiger partial charge is 0.319 e. The van der Waals surface area contributed by atoms with E-state index in [2.05, 4.69) is 26.3 Å². The van der Waals surface area contributed by atoms with Crippen LogP contribution in [0.25, 0.3) is 11.2 Å². The molecule has 4 rings (SSSR count). The van der Waals surface area contributed by atoms with Crippen LogP contribution in [0, 0.1) is 13.8 Å². The normalized spacial score (nSPS) is 14.8. The predicted octanol–water partition coefficient (Wildman–Crippen LogP) is 4.92. The largest absolute Gasteiger partial charge is 0.337 e. The summed E-state index contributed by atoms with van der Waals surface area (Å²) < 4.78 is 2.32. The van der Waals surface area contributed by atoms with Gasteiger partial charge in [0.1, 0.15) is 11.3 Å². The van der Waals surface area contributed by atoms with Crippen molar-refractivity contribution in [3.05, 3.63) is 53.5 Å². The molecule has 1 saturated carbocycles. The van der Waals surface area contributed by atoms with Crippen molar-refractivity contribution in [3.63, 3.8) is 0 Å². The number of carbonyl (C=O) groups excluding carboxylic acids is 1. The van der Waals surface area contributed by atoms with Crippen molar-refractivity contribution in [1.82, 2.24) is 19.9 Å². The zero-order chi connectivity index (χ0) is 20.2. The van der Waals surface area contributed by atoms with E-state index >= 15 is 0 Å². The maximum Gasteiger partial charge on any atom is 0.319 e. The number of fused-ring (bicyclic) bond motifs is 1. The minimum atomic E-state index is -0.185. The second-order valence-electron chi connectivity index (χ2n) is 7.99. The molecule has 2 N–H and O–H groups in total. The Morgan fingerprint density at radius 1 is 1.17 bits per heavy atom.